The zero-order valence-electron chi connectivity index (χ0n) is 9.86. The number of fused-ring (bicyclic) bond motifs is 1. The molecule has 0 bridgehead atoms. The monoisotopic (exact) mass is 228 g/mol. The summed E-state index contributed by atoms with van der Waals surface area (Å²) in [7, 11) is 0. The van der Waals surface area contributed by atoms with Crippen LogP contribution in [0.3, 0.4) is 0 Å². The van der Waals surface area contributed by atoms with Crippen LogP contribution in [0.25, 0.3) is 0 Å². The fourth-order valence-corrected chi connectivity index (χ4v) is 1.82. The summed E-state index contributed by atoms with van der Waals surface area (Å²) in [4.78, 5) is 11.5. The fraction of sp³-hybridized carbons (Fsp3) is 0.214. The van der Waals surface area contributed by atoms with Crippen molar-refractivity contribution in [1.29, 1.82) is 0 Å². The summed E-state index contributed by atoms with van der Waals surface area (Å²) >= 11 is 0. The smallest absolute Gasteiger partial charge is 0.248 e. The van der Waals surface area contributed by atoms with Gasteiger partial charge in [-0.2, -0.15) is 0 Å². The molecule has 1 aromatic rings. The van der Waals surface area contributed by atoms with E-state index < -0.39 is 0 Å². The minimum absolute atomic E-state index is 0.103. The predicted molar refractivity (Wildman–Crippen MR) is 71.2 cm³/mol. The highest BCUT2D eigenvalue weighted by Crippen LogP contribution is 2.25. The summed E-state index contributed by atoms with van der Waals surface area (Å²) in [5.41, 5.74) is 3.29. The average Bonchev–Trinajstić information content (AvgIpc) is 2.76. The van der Waals surface area contributed by atoms with Crippen LogP contribution in [0.5, 0.6) is 0 Å². The lowest BCUT2D eigenvalue weighted by molar-refractivity contribution is -0.111. The SMILES string of the molecule is CC=CC=CC(=O)Nc1ccc2c(c1)CCN2. The van der Waals surface area contributed by atoms with Crippen molar-refractivity contribution in [3.8, 4) is 0 Å². The second-order valence-corrected chi connectivity index (χ2v) is 3.92. The Morgan fingerprint density at radius 3 is 3.12 bits per heavy atom. The Morgan fingerprint density at radius 2 is 2.29 bits per heavy atom. The van der Waals surface area contributed by atoms with Gasteiger partial charge in [0.2, 0.25) is 5.91 Å². The maximum Gasteiger partial charge on any atom is 0.248 e. The summed E-state index contributed by atoms with van der Waals surface area (Å²) in [6, 6.07) is 5.95. The van der Waals surface area contributed by atoms with E-state index in [4.69, 9.17) is 0 Å². The number of carbonyl (C=O) groups is 1. The van der Waals surface area contributed by atoms with Gasteiger partial charge in [-0.15, -0.1) is 0 Å². The summed E-state index contributed by atoms with van der Waals surface area (Å²) < 4.78 is 0. The molecule has 1 aliphatic rings. The van der Waals surface area contributed by atoms with Gasteiger partial charge in [-0.3, -0.25) is 4.79 Å². The highest BCUT2D eigenvalue weighted by Gasteiger charge is 2.10. The summed E-state index contributed by atoms with van der Waals surface area (Å²) in [6.45, 7) is 2.89. The van der Waals surface area contributed by atoms with Crippen molar-refractivity contribution in [1.82, 2.24) is 0 Å². The standard InChI is InChI=1S/C14H16N2O/c1-2-3-4-5-14(17)16-12-6-7-13-11(10-12)8-9-15-13/h2-7,10,15H,8-9H2,1H3,(H,16,17). The lowest BCUT2D eigenvalue weighted by atomic mass is 10.1. The predicted octanol–water partition coefficient (Wildman–Crippen LogP) is 2.73. The van der Waals surface area contributed by atoms with Gasteiger partial charge in [0.25, 0.3) is 0 Å². The minimum Gasteiger partial charge on any atom is -0.384 e. The van der Waals surface area contributed by atoms with Crippen LogP contribution in [0.4, 0.5) is 11.4 Å². The second kappa shape index (κ2) is 5.34. The molecular weight excluding hydrogens is 212 g/mol. The van der Waals surface area contributed by atoms with Gasteiger partial charge in [-0.05, 0) is 37.1 Å². The van der Waals surface area contributed by atoms with Crippen molar-refractivity contribution in [3.05, 3.63) is 48.1 Å². The maximum absolute atomic E-state index is 11.5. The molecule has 2 N–H and O–H groups in total. The molecule has 0 unspecified atom stereocenters. The first-order valence-electron chi connectivity index (χ1n) is 5.77. The van der Waals surface area contributed by atoms with Gasteiger partial charge in [-0.1, -0.05) is 18.2 Å². The van der Waals surface area contributed by atoms with Gasteiger partial charge >= 0.3 is 0 Å². The highest BCUT2D eigenvalue weighted by molar-refractivity contribution is 5.99. The first-order valence-corrected chi connectivity index (χ1v) is 5.77. The minimum atomic E-state index is -0.103. The molecule has 1 aromatic carbocycles. The second-order valence-electron chi connectivity index (χ2n) is 3.92. The fourth-order valence-electron chi connectivity index (χ4n) is 1.82. The van der Waals surface area contributed by atoms with E-state index in [1.54, 1.807) is 6.08 Å². The Balaban J connectivity index is 2.01. The van der Waals surface area contributed by atoms with Gasteiger partial charge < -0.3 is 10.6 Å². The number of amides is 1. The number of benzene rings is 1. The van der Waals surface area contributed by atoms with E-state index in [9.17, 15) is 4.79 Å². The van der Waals surface area contributed by atoms with Crippen LogP contribution in [0.1, 0.15) is 12.5 Å². The van der Waals surface area contributed by atoms with Crippen molar-refractivity contribution in [2.45, 2.75) is 13.3 Å². The van der Waals surface area contributed by atoms with Crippen LogP contribution in [0, 0.1) is 0 Å². The summed E-state index contributed by atoms with van der Waals surface area (Å²) in [6.07, 6.45) is 7.97. The molecule has 3 heteroatoms. The van der Waals surface area contributed by atoms with Crippen LogP contribution in [-0.4, -0.2) is 12.5 Å². The van der Waals surface area contributed by atoms with Gasteiger partial charge in [0, 0.05) is 24.0 Å². The molecule has 88 valence electrons. The Hall–Kier alpha value is -2.03. The van der Waals surface area contributed by atoms with Crippen molar-refractivity contribution >= 4 is 17.3 Å². The van der Waals surface area contributed by atoms with Crippen molar-refractivity contribution in [2.24, 2.45) is 0 Å². The van der Waals surface area contributed by atoms with E-state index >= 15 is 0 Å². The summed E-state index contributed by atoms with van der Waals surface area (Å²) in [5.74, 6) is -0.103. The molecule has 0 spiro atoms. The van der Waals surface area contributed by atoms with Gasteiger partial charge in [0.1, 0.15) is 0 Å². The molecule has 0 fully saturated rings. The largest absolute Gasteiger partial charge is 0.384 e. The molecule has 0 saturated heterocycles. The molecule has 1 aliphatic heterocycles. The van der Waals surface area contributed by atoms with E-state index in [1.165, 1.54) is 17.3 Å². The highest BCUT2D eigenvalue weighted by atomic mass is 16.1. The lowest BCUT2D eigenvalue weighted by Gasteiger charge is -2.04. The van der Waals surface area contributed by atoms with Crippen molar-refractivity contribution in [3.63, 3.8) is 0 Å². The quantitative estimate of drug-likeness (QED) is 0.617. The molecular formula is C14H16N2O. The first kappa shape index (κ1) is 11.5. The topological polar surface area (TPSA) is 41.1 Å². The average molecular weight is 228 g/mol. The summed E-state index contributed by atoms with van der Waals surface area (Å²) in [5, 5.41) is 6.13. The molecule has 3 nitrogen and oxygen atoms in total. The zero-order chi connectivity index (χ0) is 12.1. The van der Waals surface area contributed by atoms with Gasteiger partial charge in [-0.25, -0.2) is 0 Å². The zero-order valence-corrected chi connectivity index (χ0v) is 9.86. The van der Waals surface area contributed by atoms with Gasteiger partial charge in [0.15, 0.2) is 0 Å². The third-order valence-electron chi connectivity index (χ3n) is 2.63. The molecule has 2 rings (SSSR count). The molecule has 0 saturated carbocycles. The normalized spacial score (nSPS) is 13.9. The first-order chi connectivity index (χ1) is 8.29. The van der Waals surface area contributed by atoms with Crippen LogP contribution in [0.2, 0.25) is 0 Å². The number of hydrogen-bond acceptors (Lipinski definition) is 2. The number of hydrogen-bond donors (Lipinski definition) is 2. The van der Waals surface area contributed by atoms with E-state index in [0.717, 1.165) is 18.7 Å². The number of anilines is 2. The van der Waals surface area contributed by atoms with Gasteiger partial charge in [0.05, 0.1) is 0 Å². The maximum atomic E-state index is 11.5. The van der Waals surface area contributed by atoms with E-state index in [1.807, 2.05) is 37.3 Å². The molecule has 0 aliphatic carbocycles. The van der Waals surface area contributed by atoms with E-state index in [2.05, 4.69) is 10.6 Å². The van der Waals surface area contributed by atoms with Crippen LogP contribution in [0.15, 0.2) is 42.5 Å². The van der Waals surface area contributed by atoms with Crippen LogP contribution >= 0.6 is 0 Å². The Morgan fingerprint density at radius 1 is 1.41 bits per heavy atom. The molecule has 1 heterocycles. The molecule has 0 radical (unpaired) electrons. The molecule has 0 aromatic heterocycles. The Kier molecular flexibility index (Phi) is 3.60. The third-order valence-corrected chi connectivity index (χ3v) is 2.63. The number of rotatable bonds is 3. The third kappa shape index (κ3) is 2.97. The van der Waals surface area contributed by atoms with Crippen LogP contribution < -0.4 is 10.6 Å². The molecule has 17 heavy (non-hydrogen) atoms. The number of carbonyl (C=O) groups excluding carboxylic acids is 1. The van der Waals surface area contributed by atoms with E-state index in [0.29, 0.717) is 0 Å². The molecule has 1 amide bonds. The lowest BCUT2D eigenvalue weighted by Crippen LogP contribution is -2.07. The number of allylic oxidation sites excluding steroid dienone is 3. The van der Waals surface area contributed by atoms with Crippen molar-refractivity contribution in [2.75, 3.05) is 17.2 Å². The number of nitrogens with one attached hydrogen (secondary N) is 2. The van der Waals surface area contributed by atoms with E-state index in [-0.39, 0.29) is 5.91 Å². The Labute approximate surface area is 101 Å². The van der Waals surface area contributed by atoms with Crippen LogP contribution in [-0.2, 0) is 11.2 Å². The van der Waals surface area contributed by atoms with Crippen molar-refractivity contribution < 1.29 is 4.79 Å². The Bertz CT molecular complexity index is 475. The molecule has 0 atom stereocenters.